The molecule has 1 aliphatic heterocycles. The van der Waals surface area contributed by atoms with Gasteiger partial charge in [-0.25, -0.2) is 0 Å². The molecule has 0 aromatic heterocycles. The lowest BCUT2D eigenvalue weighted by Crippen LogP contribution is -2.23. The van der Waals surface area contributed by atoms with Gasteiger partial charge < -0.3 is 10.1 Å². The highest BCUT2D eigenvalue weighted by molar-refractivity contribution is 7.86. The second-order valence-corrected chi connectivity index (χ2v) is 7.86. The van der Waals surface area contributed by atoms with Crippen molar-refractivity contribution in [2.45, 2.75) is 22.6 Å². The van der Waals surface area contributed by atoms with Crippen molar-refractivity contribution in [3.8, 4) is 0 Å². The van der Waals surface area contributed by atoms with Crippen molar-refractivity contribution in [1.82, 2.24) is 0 Å². The topological polar surface area (TPSA) is 130 Å². The van der Waals surface area contributed by atoms with Gasteiger partial charge in [-0.2, -0.15) is 16.8 Å². The van der Waals surface area contributed by atoms with Crippen LogP contribution in [0.4, 0.5) is 5.69 Å². The maximum Gasteiger partial charge on any atom is 0.296 e. The number of rotatable bonds is 5. The molecule has 10 heteroatoms. The minimum absolute atomic E-state index is 0.0846. The Kier molecular flexibility index (Phi) is 5.07. The van der Waals surface area contributed by atoms with Gasteiger partial charge in [-0.15, -0.1) is 0 Å². The maximum absolute atomic E-state index is 11.4. The Hall–Kier alpha value is -1.20. The summed E-state index contributed by atoms with van der Waals surface area (Å²) in [6.45, 7) is 1.75. The van der Waals surface area contributed by atoms with Crippen molar-refractivity contribution in [2.75, 3.05) is 25.1 Å². The fourth-order valence-corrected chi connectivity index (χ4v) is 3.50. The van der Waals surface area contributed by atoms with Crippen LogP contribution < -0.4 is 5.32 Å². The smallest absolute Gasteiger partial charge is 0.296 e. The number of benzene rings is 1. The Labute approximate surface area is 129 Å². The number of nitrogens with one attached hydrogen (secondary N) is 1. The summed E-state index contributed by atoms with van der Waals surface area (Å²) in [6, 6.07) is 2.98. The molecule has 1 aromatic carbocycles. The molecule has 0 amide bonds. The lowest BCUT2D eigenvalue weighted by Gasteiger charge is -2.23. The summed E-state index contributed by atoms with van der Waals surface area (Å²) in [6.07, 6.45) is 1.66. The molecule has 1 aliphatic rings. The van der Waals surface area contributed by atoms with E-state index in [1.807, 2.05) is 0 Å². The average Bonchev–Trinajstić information content (AvgIpc) is 2.44. The van der Waals surface area contributed by atoms with Crippen LogP contribution in [0.15, 0.2) is 28.0 Å². The number of hydrogen-bond donors (Lipinski definition) is 3. The van der Waals surface area contributed by atoms with E-state index in [1.54, 1.807) is 0 Å². The zero-order chi connectivity index (χ0) is 16.4. The molecule has 0 atom stereocenters. The van der Waals surface area contributed by atoms with E-state index < -0.39 is 30.0 Å². The molecule has 3 N–H and O–H groups in total. The van der Waals surface area contributed by atoms with E-state index in [1.165, 1.54) is 6.07 Å². The van der Waals surface area contributed by atoms with Gasteiger partial charge in [-0.3, -0.25) is 9.11 Å². The zero-order valence-corrected chi connectivity index (χ0v) is 13.2. The second-order valence-electron chi connectivity index (χ2n) is 5.04. The maximum atomic E-state index is 11.4. The van der Waals surface area contributed by atoms with Crippen molar-refractivity contribution in [3.05, 3.63) is 18.2 Å². The quantitative estimate of drug-likeness (QED) is 0.670. The normalized spacial score (nSPS) is 17.4. The van der Waals surface area contributed by atoms with Crippen LogP contribution in [0.3, 0.4) is 0 Å². The predicted molar refractivity (Wildman–Crippen MR) is 78.1 cm³/mol. The van der Waals surface area contributed by atoms with Gasteiger partial charge in [0.2, 0.25) is 0 Å². The van der Waals surface area contributed by atoms with Crippen LogP contribution in [0.2, 0.25) is 0 Å². The van der Waals surface area contributed by atoms with Gasteiger partial charge in [0.25, 0.3) is 20.2 Å². The monoisotopic (exact) mass is 351 g/mol. The largest absolute Gasteiger partial charge is 0.384 e. The molecule has 0 saturated carbocycles. The Bertz CT molecular complexity index is 737. The van der Waals surface area contributed by atoms with E-state index in [4.69, 9.17) is 9.29 Å². The third-order valence-corrected chi connectivity index (χ3v) is 5.19. The lowest BCUT2D eigenvalue weighted by atomic mass is 10.0. The number of anilines is 1. The molecule has 2 rings (SSSR count). The standard InChI is InChI=1S/C12H17NO7S2/c14-21(15,16)10-1-2-11(12(7-10)22(17,18)19)13-8-9-3-5-20-6-4-9/h1-2,7,9,13H,3-6,8H2,(H,14,15,16)(H,17,18,19). The number of hydrogen-bond acceptors (Lipinski definition) is 6. The molecule has 124 valence electrons. The molecule has 0 aliphatic carbocycles. The lowest BCUT2D eigenvalue weighted by molar-refractivity contribution is 0.0699. The van der Waals surface area contributed by atoms with Crippen LogP contribution in [-0.2, 0) is 25.0 Å². The van der Waals surface area contributed by atoms with Crippen molar-refractivity contribution < 1.29 is 30.7 Å². The van der Waals surface area contributed by atoms with Gasteiger partial charge in [-0.05, 0) is 37.0 Å². The fourth-order valence-electron chi connectivity index (χ4n) is 2.23. The van der Waals surface area contributed by atoms with Gasteiger partial charge >= 0.3 is 0 Å². The molecule has 0 spiro atoms. The highest BCUT2D eigenvalue weighted by atomic mass is 32.2. The van der Waals surface area contributed by atoms with Crippen LogP contribution in [0, 0.1) is 5.92 Å². The van der Waals surface area contributed by atoms with E-state index in [9.17, 15) is 21.4 Å². The Morgan fingerprint density at radius 1 is 1.09 bits per heavy atom. The fraction of sp³-hybridized carbons (Fsp3) is 0.500. The van der Waals surface area contributed by atoms with E-state index >= 15 is 0 Å². The van der Waals surface area contributed by atoms with Crippen molar-refractivity contribution in [2.24, 2.45) is 5.92 Å². The van der Waals surface area contributed by atoms with E-state index in [0.717, 1.165) is 25.0 Å². The first-order valence-electron chi connectivity index (χ1n) is 6.58. The molecule has 22 heavy (non-hydrogen) atoms. The molecule has 1 saturated heterocycles. The number of ether oxygens (including phenoxy) is 1. The van der Waals surface area contributed by atoms with Crippen molar-refractivity contribution >= 4 is 25.9 Å². The first-order chi connectivity index (χ1) is 10.2. The summed E-state index contributed by atoms with van der Waals surface area (Å²) < 4.78 is 68.4. The average molecular weight is 351 g/mol. The van der Waals surface area contributed by atoms with E-state index in [0.29, 0.717) is 25.7 Å². The van der Waals surface area contributed by atoms with Gasteiger partial charge in [0, 0.05) is 19.8 Å². The van der Waals surface area contributed by atoms with Crippen LogP contribution in [0.5, 0.6) is 0 Å². The van der Waals surface area contributed by atoms with E-state index in [2.05, 4.69) is 5.32 Å². The summed E-state index contributed by atoms with van der Waals surface area (Å²) in [5.74, 6) is 0.296. The summed E-state index contributed by atoms with van der Waals surface area (Å²) >= 11 is 0. The van der Waals surface area contributed by atoms with E-state index in [-0.39, 0.29) is 5.69 Å². The van der Waals surface area contributed by atoms with Gasteiger partial charge in [0.15, 0.2) is 0 Å². The summed E-state index contributed by atoms with van der Waals surface area (Å²) in [5.41, 5.74) is 0.0846. The molecule has 8 nitrogen and oxygen atoms in total. The molecule has 0 radical (unpaired) electrons. The highest BCUT2D eigenvalue weighted by Gasteiger charge is 2.21. The molecule has 0 bridgehead atoms. The third-order valence-electron chi connectivity index (χ3n) is 3.45. The van der Waals surface area contributed by atoms with Gasteiger partial charge in [-0.1, -0.05) is 0 Å². The Morgan fingerprint density at radius 3 is 2.27 bits per heavy atom. The third kappa shape index (κ3) is 4.40. The first-order valence-corrected chi connectivity index (χ1v) is 9.46. The summed E-state index contributed by atoms with van der Waals surface area (Å²) in [4.78, 5) is -1.19. The SMILES string of the molecule is O=S(=O)(O)c1ccc(NCC2CCOCC2)c(S(=O)(=O)O)c1. The van der Waals surface area contributed by atoms with Crippen LogP contribution >= 0.6 is 0 Å². The Morgan fingerprint density at radius 2 is 1.73 bits per heavy atom. The molecular formula is C12H17NO7S2. The van der Waals surface area contributed by atoms with Crippen LogP contribution in [-0.4, -0.2) is 45.7 Å². The molecule has 1 aromatic rings. The van der Waals surface area contributed by atoms with Crippen molar-refractivity contribution in [3.63, 3.8) is 0 Å². The van der Waals surface area contributed by atoms with Gasteiger partial charge in [0.1, 0.15) is 4.90 Å². The molecule has 1 heterocycles. The molecule has 0 unspecified atom stereocenters. The minimum atomic E-state index is -4.63. The first kappa shape index (κ1) is 17.2. The Balaban J connectivity index is 2.26. The molecule has 1 fully saturated rings. The van der Waals surface area contributed by atoms with Crippen LogP contribution in [0.25, 0.3) is 0 Å². The minimum Gasteiger partial charge on any atom is -0.384 e. The summed E-state index contributed by atoms with van der Waals surface area (Å²) in [7, 11) is -9.19. The second kappa shape index (κ2) is 6.50. The molecular weight excluding hydrogens is 334 g/mol. The predicted octanol–water partition coefficient (Wildman–Crippen LogP) is 1.02. The van der Waals surface area contributed by atoms with Gasteiger partial charge in [0.05, 0.1) is 10.6 Å². The summed E-state index contributed by atoms with van der Waals surface area (Å²) in [5, 5.41) is 2.90. The highest BCUT2D eigenvalue weighted by Crippen LogP contribution is 2.26. The van der Waals surface area contributed by atoms with Crippen molar-refractivity contribution in [1.29, 1.82) is 0 Å². The zero-order valence-electron chi connectivity index (χ0n) is 11.6. The van der Waals surface area contributed by atoms with Crippen LogP contribution in [0.1, 0.15) is 12.8 Å².